The van der Waals surface area contributed by atoms with Gasteiger partial charge in [-0.25, -0.2) is 4.21 Å². The van der Waals surface area contributed by atoms with E-state index in [1.807, 2.05) is 0 Å². The van der Waals surface area contributed by atoms with Crippen LogP contribution >= 0.6 is 9.24 Å². The van der Waals surface area contributed by atoms with Gasteiger partial charge in [-0.05, 0) is 12.1 Å². The van der Waals surface area contributed by atoms with Gasteiger partial charge in [0.1, 0.15) is 5.75 Å². The number of hydrogen-bond acceptors (Lipinski definition) is 2. The molecule has 1 rings (SSSR count). The summed E-state index contributed by atoms with van der Waals surface area (Å²) in [6.07, 6.45) is 0. The fraction of sp³-hybridized carbons (Fsp3) is 0.143. The van der Waals surface area contributed by atoms with Crippen molar-refractivity contribution in [2.75, 3.05) is 7.11 Å². The monoisotopic (exact) mass is 204 g/mol. The van der Waals surface area contributed by atoms with Gasteiger partial charge < -0.3 is 9.29 Å². The van der Waals surface area contributed by atoms with Crippen LogP contribution in [0.4, 0.5) is 0 Å². The fourth-order valence-corrected chi connectivity index (χ4v) is 1.49. The molecule has 0 radical (unpaired) electrons. The van der Waals surface area contributed by atoms with Crippen LogP contribution in [0, 0.1) is 0 Å². The van der Waals surface area contributed by atoms with Gasteiger partial charge in [0.05, 0.1) is 12.0 Å². The van der Waals surface area contributed by atoms with Crippen molar-refractivity contribution in [1.29, 1.82) is 0 Å². The predicted molar refractivity (Wildman–Crippen MR) is 51.4 cm³/mol. The summed E-state index contributed by atoms with van der Waals surface area (Å²) < 4.78 is 24.3. The molecule has 66 valence electrons. The minimum Gasteiger partial charge on any atom is -0.496 e. The van der Waals surface area contributed by atoms with Crippen molar-refractivity contribution in [2.45, 2.75) is 4.90 Å². The fourth-order valence-electron chi connectivity index (χ4n) is 0.800. The maximum Gasteiger partial charge on any atom is 0.186 e. The van der Waals surface area contributed by atoms with E-state index in [-0.39, 0.29) is 0 Å². The van der Waals surface area contributed by atoms with E-state index in [0.29, 0.717) is 10.6 Å². The molecule has 0 aliphatic rings. The van der Waals surface area contributed by atoms with Gasteiger partial charge in [0.25, 0.3) is 0 Å². The minimum atomic E-state index is -1.94. The molecule has 0 saturated carbocycles. The van der Waals surface area contributed by atoms with E-state index < -0.39 is 11.1 Å². The Labute approximate surface area is 75.6 Å². The zero-order valence-electron chi connectivity index (χ0n) is 6.48. The molecule has 1 aromatic rings. The van der Waals surface area contributed by atoms with E-state index in [4.69, 9.17) is 9.29 Å². The summed E-state index contributed by atoms with van der Waals surface area (Å²) in [5.41, 5.74) is 0. The van der Waals surface area contributed by atoms with Crippen LogP contribution in [0.3, 0.4) is 0 Å². The lowest BCUT2D eigenvalue weighted by Gasteiger charge is -2.04. The van der Waals surface area contributed by atoms with Gasteiger partial charge in [-0.2, -0.15) is 0 Å². The van der Waals surface area contributed by atoms with Crippen LogP contribution in [0.5, 0.6) is 5.75 Å². The van der Waals surface area contributed by atoms with E-state index in [0.717, 1.165) is 5.30 Å². The third-order valence-electron chi connectivity index (χ3n) is 1.41. The second-order valence-corrected chi connectivity index (χ2v) is 3.74. The largest absolute Gasteiger partial charge is 0.496 e. The Bertz CT molecular complexity index is 314. The van der Waals surface area contributed by atoms with Crippen molar-refractivity contribution in [3.05, 3.63) is 18.2 Å². The third-order valence-corrected chi connectivity index (χ3v) is 2.54. The maximum absolute atomic E-state index is 10.6. The van der Waals surface area contributed by atoms with E-state index in [9.17, 15) is 4.21 Å². The molecule has 2 unspecified atom stereocenters. The number of methoxy groups -OCH3 is 1. The quantitative estimate of drug-likeness (QED) is 0.572. The molecule has 1 N–H and O–H groups in total. The summed E-state index contributed by atoms with van der Waals surface area (Å²) in [4.78, 5) is 0.345. The van der Waals surface area contributed by atoms with Crippen LogP contribution in [0.2, 0.25) is 0 Å². The number of rotatable bonds is 2. The lowest BCUT2D eigenvalue weighted by Crippen LogP contribution is -2.00. The molecule has 2 atom stereocenters. The molecule has 3 nitrogen and oxygen atoms in total. The van der Waals surface area contributed by atoms with Gasteiger partial charge in [-0.1, -0.05) is 6.07 Å². The third kappa shape index (κ3) is 2.03. The SMILES string of the molecule is COc1cc(S(=O)O)ccc1P. The van der Waals surface area contributed by atoms with Crippen molar-refractivity contribution in [3.8, 4) is 5.75 Å². The first kappa shape index (κ1) is 9.65. The van der Waals surface area contributed by atoms with E-state index >= 15 is 0 Å². The number of ether oxygens (including phenoxy) is 1. The first-order chi connectivity index (χ1) is 5.65. The van der Waals surface area contributed by atoms with Crippen LogP contribution in [0.25, 0.3) is 0 Å². The van der Waals surface area contributed by atoms with Crippen LogP contribution in [0.15, 0.2) is 23.1 Å². The first-order valence-electron chi connectivity index (χ1n) is 3.19. The molecule has 0 spiro atoms. The van der Waals surface area contributed by atoms with Crippen LogP contribution in [-0.2, 0) is 11.1 Å². The van der Waals surface area contributed by atoms with Gasteiger partial charge in [0, 0.05) is 5.30 Å². The Morgan fingerprint density at radius 2 is 2.25 bits per heavy atom. The van der Waals surface area contributed by atoms with Gasteiger partial charge in [0.2, 0.25) is 0 Å². The summed E-state index contributed by atoms with van der Waals surface area (Å²) >= 11 is -1.94. The Balaban J connectivity index is 3.13. The minimum absolute atomic E-state index is 0.345. The average molecular weight is 204 g/mol. The molecular formula is C7H9O3PS. The van der Waals surface area contributed by atoms with Gasteiger partial charge in [-0.3, -0.25) is 0 Å². The molecule has 12 heavy (non-hydrogen) atoms. The Kier molecular flexibility index (Phi) is 3.20. The standard InChI is InChI=1S/C7H9O3PS/c1-10-6-4-5(12(8)9)2-3-7(6)11/h2-4H,11H2,1H3,(H,8,9). The molecule has 1 aromatic carbocycles. The average Bonchev–Trinajstić information content (AvgIpc) is 2.05. The molecule has 0 aromatic heterocycles. The van der Waals surface area contributed by atoms with Crippen LogP contribution in [-0.4, -0.2) is 15.9 Å². The molecule has 0 amide bonds. The van der Waals surface area contributed by atoms with Crippen molar-refractivity contribution in [1.82, 2.24) is 0 Å². The van der Waals surface area contributed by atoms with Crippen LogP contribution < -0.4 is 10.0 Å². The van der Waals surface area contributed by atoms with Crippen LogP contribution in [0.1, 0.15) is 0 Å². The Hall–Kier alpha value is -0.440. The highest BCUT2D eigenvalue weighted by molar-refractivity contribution is 7.79. The van der Waals surface area contributed by atoms with E-state index in [2.05, 4.69) is 9.24 Å². The molecular weight excluding hydrogens is 195 g/mol. The second-order valence-electron chi connectivity index (χ2n) is 2.15. The lowest BCUT2D eigenvalue weighted by molar-refractivity contribution is 0.417. The van der Waals surface area contributed by atoms with Gasteiger partial charge >= 0.3 is 0 Å². The number of hydrogen-bond donors (Lipinski definition) is 1. The van der Waals surface area contributed by atoms with E-state index in [1.54, 1.807) is 18.2 Å². The molecule has 0 heterocycles. The summed E-state index contributed by atoms with van der Waals surface area (Å²) in [6.45, 7) is 0. The highest BCUT2D eigenvalue weighted by atomic mass is 32.2. The topological polar surface area (TPSA) is 46.5 Å². The summed E-state index contributed by atoms with van der Waals surface area (Å²) in [6, 6.07) is 4.84. The Morgan fingerprint density at radius 3 is 2.75 bits per heavy atom. The smallest absolute Gasteiger partial charge is 0.186 e. The summed E-state index contributed by atoms with van der Waals surface area (Å²) in [5.74, 6) is 0.597. The van der Waals surface area contributed by atoms with Gasteiger partial charge in [-0.15, -0.1) is 9.24 Å². The maximum atomic E-state index is 10.6. The summed E-state index contributed by atoms with van der Waals surface area (Å²) in [7, 11) is 4.00. The summed E-state index contributed by atoms with van der Waals surface area (Å²) in [5, 5.41) is 0.867. The van der Waals surface area contributed by atoms with Gasteiger partial charge in [0.15, 0.2) is 11.1 Å². The molecule has 0 bridgehead atoms. The zero-order valence-corrected chi connectivity index (χ0v) is 8.45. The molecule has 0 aliphatic carbocycles. The molecule has 5 heteroatoms. The Morgan fingerprint density at radius 1 is 1.58 bits per heavy atom. The zero-order chi connectivity index (χ0) is 9.14. The second kappa shape index (κ2) is 3.99. The normalized spacial score (nSPS) is 12.6. The molecule has 0 fully saturated rings. The van der Waals surface area contributed by atoms with Crippen molar-refractivity contribution >= 4 is 25.6 Å². The highest BCUT2D eigenvalue weighted by Crippen LogP contribution is 2.15. The lowest BCUT2D eigenvalue weighted by atomic mass is 10.3. The predicted octanol–water partition coefficient (Wildman–Crippen LogP) is 0.776. The molecule has 0 aliphatic heterocycles. The van der Waals surface area contributed by atoms with Crippen molar-refractivity contribution in [2.24, 2.45) is 0 Å². The first-order valence-corrected chi connectivity index (χ1v) is 4.88. The van der Waals surface area contributed by atoms with Crippen molar-refractivity contribution < 1.29 is 13.5 Å². The van der Waals surface area contributed by atoms with E-state index in [1.165, 1.54) is 7.11 Å². The number of benzene rings is 1. The highest BCUT2D eigenvalue weighted by Gasteiger charge is 2.03. The molecule has 0 saturated heterocycles. The van der Waals surface area contributed by atoms with Crippen molar-refractivity contribution in [3.63, 3.8) is 0 Å².